The van der Waals surface area contributed by atoms with Crippen LogP contribution in [0, 0.1) is 12.7 Å². The predicted molar refractivity (Wildman–Crippen MR) is 74.9 cm³/mol. The van der Waals surface area contributed by atoms with E-state index in [4.69, 9.17) is 0 Å². The fourth-order valence-electron chi connectivity index (χ4n) is 2.79. The Morgan fingerprint density at radius 1 is 1.37 bits per heavy atom. The van der Waals surface area contributed by atoms with Gasteiger partial charge in [-0.05, 0) is 25.0 Å². The molecule has 0 saturated carbocycles. The van der Waals surface area contributed by atoms with Gasteiger partial charge in [0.2, 0.25) is 0 Å². The Labute approximate surface area is 114 Å². The summed E-state index contributed by atoms with van der Waals surface area (Å²) in [6.07, 6.45) is 1.84. The van der Waals surface area contributed by atoms with Crippen LogP contribution in [0.5, 0.6) is 5.75 Å². The van der Waals surface area contributed by atoms with Crippen LogP contribution in [0.2, 0.25) is 0 Å². The highest BCUT2D eigenvalue weighted by atomic mass is 19.1. The number of nitrogens with zero attached hydrogens (tertiary/aromatic N) is 1. The number of aromatic hydroxyl groups is 1. The van der Waals surface area contributed by atoms with Crippen molar-refractivity contribution in [1.29, 1.82) is 0 Å². The van der Waals surface area contributed by atoms with Gasteiger partial charge in [-0.3, -0.25) is 4.90 Å². The number of hydrogen-bond donors (Lipinski definition) is 2. The molecule has 1 heterocycles. The van der Waals surface area contributed by atoms with Crippen molar-refractivity contribution in [2.45, 2.75) is 32.7 Å². The first kappa shape index (κ1) is 14.3. The van der Waals surface area contributed by atoms with Crippen LogP contribution in [0.15, 0.2) is 12.1 Å². The highest BCUT2D eigenvalue weighted by Crippen LogP contribution is 2.36. The molecule has 0 unspecified atom stereocenters. The summed E-state index contributed by atoms with van der Waals surface area (Å²) in [4.78, 5) is 2.28. The molecule has 3 nitrogen and oxygen atoms in total. The lowest BCUT2D eigenvalue weighted by molar-refractivity contribution is 0.158. The molecule has 1 saturated heterocycles. The van der Waals surface area contributed by atoms with Crippen molar-refractivity contribution in [3.8, 4) is 5.75 Å². The first-order valence-electron chi connectivity index (χ1n) is 7.08. The van der Waals surface area contributed by atoms with Crippen LogP contribution in [-0.2, 0) is 0 Å². The van der Waals surface area contributed by atoms with Crippen LogP contribution >= 0.6 is 0 Å². The smallest absolute Gasteiger partial charge is 0.131 e. The maximum absolute atomic E-state index is 14.2. The van der Waals surface area contributed by atoms with Crippen molar-refractivity contribution in [1.82, 2.24) is 10.2 Å². The zero-order valence-electron chi connectivity index (χ0n) is 11.7. The van der Waals surface area contributed by atoms with Crippen LogP contribution in [0.25, 0.3) is 0 Å². The lowest BCUT2D eigenvalue weighted by Crippen LogP contribution is -2.45. The van der Waals surface area contributed by atoms with E-state index in [0.717, 1.165) is 44.6 Å². The van der Waals surface area contributed by atoms with Crippen molar-refractivity contribution < 1.29 is 9.50 Å². The van der Waals surface area contributed by atoms with Crippen molar-refractivity contribution in [2.75, 3.05) is 26.2 Å². The predicted octanol–water partition coefficient (Wildman–Crippen LogP) is 2.59. The molecule has 1 aromatic carbocycles. The van der Waals surface area contributed by atoms with E-state index < -0.39 is 0 Å². The quantitative estimate of drug-likeness (QED) is 0.879. The van der Waals surface area contributed by atoms with Gasteiger partial charge in [-0.15, -0.1) is 0 Å². The average Bonchev–Trinajstić information content (AvgIpc) is 2.43. The van der Waals surface area contributed by atoms with Gasteiger partial charge in [0.1, 0.15) is 11.6 Å². The van der Waals surface area contributed by atoms with Gasteiger partial charge < -0.3 is 10.4 Å². The standard InChI is InChI=1S/C15H23FN2O/c1-3-4-13(18-9-7-17-8-10-18)14-12(16)6-5-11(2)15(14)19/h5-6,13,17,19H,3-4,7-10H2,1-2H3/t13-/m1/s1. The molecule has 4 heteroatoms. The Morgan fingerprint density at radius 2 is 2.05 bits per heavy atom. The first-order chi connectivity index (χ1) is 9.15. The molecule has 1 aromatic rings. The van der Waals surface area contributed by atoms with E-state index in [1.165, 1.54) is 6.07 Å². The normalized spacial score (nSPS) is 18.5. The van der Waals surface area contributed by atoms with E-state index in [0.29, 0.717) is 5.56 Å². The molecule has 0 aliphatic carbocycles. The largest absolute Gasteiger partial charge is 0.507 e. The minimum atomic E-state index is -0.292. The van der Waals surface area contributed by atoms with Crippen molar-refractivity contribution in [3.63, 3.8) is 0 Å². The third kappa shape index (κ3) is 3.07. The summed E-state index contributed by atoms with van der Waals surface area (Å²) in [6.45, 7) is 7.57. The van der Waals surface area contributed by atoms with Gasteiger partial charge in [0.05, 0.1) is 0 Å². The number of aryl methyl sites for hydroxylation is 1. The molecular formula is C15H23FN2O. The van der Waals surface area contributed by atoms with Gasteiger partial charge in [0.25, 0.3) is 0 Å². The Kier molecular flexibility index (Phi) is 4.77. The van der Waals surface area contributed by atoms with E-state index in [1.807, 2.05) is 6.92 Å². The first-order valence-corrected chi connectivity index (χ1v) is 7.08. The Bertz CT molecular complexity index is 430. The number of phenols is 1. The summed E-state index contributed by atoms with van der Waals surface area (Å²) in [7, 11) is 0. The van der Waals surface area contributed by atoms with Gasteiger partial charge in [-0.1, -0.05) is 19.4 Å². The Hall–Kier alpha value is -1.13. The molecule has 1 atom stereocenters. The second kappa shape index (κ2) is 6.35. The Morgan fingerprint density at radius 3 is 2.68 bits per heavy atom. The second-order valence-electron chi connectivity index (χ2n) is 5.22. The molecule has 19 heavy (non-hydrogen) atoms. The fourth-order valence-corrected chi connectivity index (χ4v) is 2.79. The number of hydrogen-bond acceptors (Lipinski definition) is 3. The van der Waals surface area contributed by atoms with Gasteiger partial charge in [0.15, 0.2) is 0 Å². The number of nitrogens with one attached hydrogen (secondary N) is 1. The van der Waals surface area contributed by atoms with Gasteiger partial charge in [0, 0.05) is 37.8 Å². The molecule has 0 aromatic heterocycles. The second-order valence-corrected chi connectivity index (χ2v) is 5.22. The third-order valence-electron chi connectivity index (χ3n) is 3.85. The number of piperazine rings is 1. The van der Waals surface area contributed by atoms with Crippen LogP contribution in [-0.4, -0.2) is 36.2 Å². The number of halogens is 1. The molecular weight excluding hydrogens is 243 g/mol. The van der Waals surface area contributed by atoms with Crippen LogP contribution in [0.3, 0.4) is 0 Å². The summed E-state index contributed by atoms with van der Waals surface area (Å²) in [5.74, 6) is -0.169. The molecule has 1 aliphatic rings. The van der Waals surface area contributed by atoms with Crippen molar-refractivity contribution in [2.24, 2.45) is 0 Å². The SMILES string of the molecule is CCC[C@H](c1c(F)ccc(C)c1O)N1CCNCC1. The van der Waals surface area contributed by atoms with Crippen molar-refractivity contribution in [3.05, 3.63) is 29.1 Å². The molecule has 1 fully saturated rings. The lowest BCUT2D eigenvalue weighted by atomic mass is 9.96. The molecule has 2 rings (SSSR count). The van der Waals surface area contributed by atoms with E-state index in [-0.39, 0.29) is 17.6 Å². The van der Waals surface area contributed by atoms with E-state index in [1.54, 1.807) is 6.07 Å². The van der Waals surface area contributed by atoms with E-state index in [9.17, 15) is 9.50 Å². The number of benzene rings is 1. The van der Waals surface area contributed by atoms with Crippen molar-refractivity contribution >= 4 is 0 Å². The maximum atomic E-state index is 14.2. The molecule has 2 N–H and O–H groups in total. The average molecular weight is 266 g/mol. The maximum Gasteiger partial charge on any atom is 0.131 e. The summed E-state index contributed by atoms with van der Waals surface area (Å²) in [5, 5.41) is 13.5. The third-order valence-corrected chi connectivity index (χ3v) is 3.85. The number of phenolic OH excluding ortho intramolecular Hbond substituents is 1. The lowest BCUT2D eigenvalue weighted by Gasteiger charge is -2.35. The monoisotopic (exact) mass is 266 g/mol. The van der Waals surface area contributed by atoms with Crippen LogP contribution < -0.4 is 5.32 Å². The number of rotatable bonds is 4. The van der Waals surface area contributed by atoms with Gasteiger partial charge >= 0.3 is 0 Å². The van der Waals surface area contributed by atoms with E-state index in [2.05, 4.69) is 17.1 Å². The molecule has 0 bridgehead atoms. The van der Waals surface area contributed by atoms with Crippen LogP contribution in [0.1, 0.15) is 36.9 Å². The molecule has 1 aliphatic heterocycles. The van der Waals surface area contributed by atoms with Gasteiger partial charge in [-0.2, -0.15) is 0 Å². The molecule has 106 valence electrons. The molecule has 0 radical (unpaired) electrons. The van der Waals surface area contributed by atoms with E-state index >= 15 is 0 Å². The summed E-state index contributed by atoms with van der Waals surface area (Å²) >= 11 is 0. The topological polar surface area (TPSA) is 35.5 Å². The minimum absolute atomic E-state index is 0.0213. The molecule has 0 amide bonds. The highest BCUT2D eigenvalue weighted by molar-refractivity contribution is 5.42. The van der Waals surface area contributed by atoms with Crippen LogP contribution in [0.4, 0.5) is 4.39 Å². The van der Waals surface area contributed by atoms with Gasteiger partial charge in [-0.25, -0.2) is 4.39 Å². The zero-order valence-corrected chi connectivity index (χ0v) is 11.7. The highest BCUT2D eigenvalue weighted by Gasteiger charge is 2.27. The fraction of sp³-hybridized carbons (Fsp3) is 0.600. The summed E-state index contributed by atoms with van der Waals surface area (Å²) < 4.78 is 14.2. The minimum Gasteiger partial charge on any atom is -0.507 e. The zero-order chi connectivity index (χ0) is 13.8. The summed E-state index contributed by atoms with van der Waals surface area (Å²) in [6, 6.07) is 3.08. The Balaban J connectivity index is 2.35. The molecule has 0 spiro atoms. The summed E-state index contributed by atoms with van der Waals surface area (Å²) in [5.41, 5.74) is 1.22.